The molecule has 1 heterocycles. The summed E-state index contributed by atoms with van der Waals surface area (Å²) in [5.74, 6) is 1.32. The minimum Gasteiger partial charge on any atom is -0.453 e. The fourth-order valence-electron chi connectivity index (χ4n) is 5.38. The Kier molecular flexibility index (Phi) is 7.14. The van der Waals surface area contributed by atoms with Crippen molar-refractivity contribution in [2.75, 3.05) is 11.4 Å². The minimum absolute atomic E-state index is 0.249. The number of para-hydroxylation sites is 4. The molecule has 212 valence electrons. The molecule has 0 aromatic heterocycles. The largest absolute Gasteiger partial charge is 0.573 e. The zero-order valence-corrected chi connectivity index (χ0v) is 22.4. The number of rotatable bonds is 7. The molecule has 0 amide bonds. The molecule has 4 unspecified atom stereocenters. The lowest BCUT2D eigenvalue weighted by Crippen LogP contribution is -2.56. The Labute approximate surface area is 231 Å². The van der Waals surface area contributed by atoms with Gasteiger partial charge in [0, 0.05) is 6.04 Å². The second-order valence-corrected chi connectivity index (χ2v) is 12.4. The molecule has 2 N–H and O–H groups in total. The van der Waals surface area contributed by atoms with E-state index in [1.54, 1.807) is 0 Å². The first-order chi connectivity index (χ1) is 19.2. The average Bonchev–Trinajstić information content (AvgIpc) is 3.76. The van der Waals surface area contributed by atoms with Crippen LogP contribution in [0.15, 0.2) is 82.1 Å². The van der Waals surface area contributed by atoms with Gasteiger partial charge < -0.3 is 19.5 Å². The number of anilines is 2. The Morgan fingerprint density at radius 3 is 2.17 bits per heavy atom. The van der Waals surface area contributed by atoms with Gasteiger partial charge in [0.05, 0.1) is 35.0 Å². The maximum Gasteiger partial charge on any atom is 0.573 e. The number of aliphatic hydroxyl groups excluding tert-OH is 1. The third-order valence-electron chi connectivity index (χ3n) is 7.52. The molecule has 40 heavy (non-hydrogen) atoms. The van der Waals surface area contributed by atoms with E-state index in [0.29, 0.717) is 36.8 Å². The summed E-state index contributed by atoms with van der Waals surface area (Å²) in [6.07, 6.45) is -1.71. The summed E-state index contributed by atoms with van der Waals surface area (Å²) in [6, 6.07) is 19.4. The van der Waals surface area contributed by atoms with Crippen molar-refractivity contribution >= 4 is 21.3 Å². The molecule has 2 saturated carbocycles. The van der Waals surface area contributed by atoms with Crippen molar-refractivity contribution in [2.45, 2.75) is 61.5 Å². The first-order valence-electron chi connectivity index (χ1n) is 13.4. The van der Waals surface area contributed by atoms with Crippen molar-refractivity contribution < 1.29 is 32.0 Å². The van der Waals surface area contributed by atoms with Crippen molar-refractivity contribution in [3.05, 3.63) is 72.8 Å². The number of hydrogen-bond acceptors (Lipinski definition) is 6. The van der Waals surface area contributed by atoms with E-state index in [9.17, 15) is 22.5 Å². The number of hydrogen-bond donors (Lipinski definition) is 2. The second-order valence-electron chi connectivity index (χ2n) is 10.4. The number of fused-ring (bicyclic) bond motifs is 2. The van der Waals surface area contributed by atoms with Crippen LogP contribution in [0.1, 0.15) is 32.1 Å². The first-order valence-corrected chi connectivity index (χ1v) is 14.9. The van der Waals surface area contributed by atoms with Gasteiger partial charge in [-0.05, 0) is 86.6 Å². The molecule has 2 aliphatic carbocycles. The maximum atomic E-state index is 14.3. The van der Waals surface area contributed by atoms with Crippen molar-refractivity contribution in [2.24, 2.45) is 10.3 Å². The number of halogens is 3. The number of alkyl halides is 3. The summed E-state index contributed by atoms with van der Waals surface area (Å²) < 4.78 is 70.1. The van der Waals surface area contributed by atoms with Gasteiger partial charge in [0.1, 0.15) is 15.7 Å². The molecule has 0 radical (unpaired) electrons. The fourth-order valence-corrected chi connectivity index (χ4v) is 7.33. The third kappa shape index (κ3) is 5.63. The van der Waals surface area contributed by atoms with Crippen molar-refractivity contribution in [1.29, 1.82) is 0 Å². The van der Waals surface area contributed by atoms with Gasteiger partial charge >= 0.3 is 6.36 Å². The SMILES string of the molecule is O=S(=NCC1CC1)(NC1CCCC(N2c3ccccc3Oc3ccccc32)C1O)c1ccc(OC(F)(F)F)cc1. The molecule has 7 nitrogen and oxygen atoms in total. The number of nitrogens with one attached hydrogen (secondary N) is 1. The van der Waals surface area contributed by atoms with Gasteiger partial charge in [0.25, 0.3) is 0 Å². The Balaban J connectivity index is 1.30. The van der Waals surface area contributed by atoms with E-state index in [1.165, 1.54) is 12.1 Å². The molecular weight excluding hydrogens is 543 g/mol. The van der Waals surface area contributed by atoms with Crippen LogP contribution in [0.3, 0.4) is 0 Å². The third-order valence-corrected chi connectivity index (χ3v) is 9.57. The van der Waals surface area contributed by atoms with Crippen LogP contribution in [0.4, 0.5) is 24.5 Å². The van der Waals surface area contributed by atoms with E-state index < -0.39 is 34.2 Å². The molecule has 0 spiro atoms. The lowest BCUT2D eigenvalue weighted by molar-refractivity contribution is -0.274. The lowest BCUT2D eigenvalue weighted by Gasteiger charge is -2.45. The maximum absolute atomic E-state index is 14.3. The summed E-state index contributed by atoms with van der Waals surface area (Å²) >= 11 is 0. The van der Waals surface area contributed by atoms with Crippen LogP contribution in [-0.2, 0) is 9.92 Å². The summed E-state index contributed by atoms with van der Waals surface area (Å²) in [5.41, 5.74) is 1.68. The average molecular weight is 574 g/mol. The number of aliphatic hydroxyl groups is 1. The molecule has 0 saturated heterocycles. The summed E-state index contributed by atoms with van der Waals surface area (Å²) in [5, 5.41) is 11.7. The monoisotopic (exact) mass is 573 g/mol. The van der Waals surface area contributed by atoms with Crippen LogP contribution >= 0.6 is 0 Å². The molecule has 6 rings (SSSR count). The van der Waals surface area contributed by atoms with Gasteiger partial charge in [-0.1, -0.05) is 24.3 Å². The Bertz CT molecular complexity index is 1440. The number of ether oxygens (including phenoxy) is 2. The molecule has 2 fully saturated rings. The Morgan fingerprint density at radius 1 is 0.950 bits per heavy atom. The highest BCUT2D eigenvalue weighted by atomic mass is 32.2. The van der Waals surface area contributed by atoms with E-state index in [4.69, 9.17) is 4.74 Å². The van der Waals surface area contributed by atoms with Crippen LogP contribution in [0.25, 0.3) is 0 Å². The van der Waals surface area contributed by atoms with Crippen LogP contribution in [0, 0.1) is 5.92 Å². The zero-order valence-electron chi connectivity index (χ0n) is 21.6. The number of nitrogens with zero attached hydrogens (tertiary/aromatic N) is 2. The lowest BCUT2D eigenvalue weighted by atomic mass is 9.86. The van der Waals surface area contributed by atoms with Crippen molar-refractivity contribution in [3.8, 4) is 17.2 Å². The van der Waals surface area contributed by atoms with Gasteiger partial charge in [-0.25, -0.2) is 13.3 Å². The minimum atomic E-state index is -4.82. The van der Waals surface area contributed by atoms with Crippen LogP contribution in [-0.4, -0.2) is 40.4 Å². The Morgan fingerprint density at radius 2 is 1.57 bits per heavy atom. The predicted molar refractivity (Wildman–Crippen MR) is 145 cm³/mol. The Hall–Kier alpha value is -3.28. The van der Waals surface area contributed by atoms with Crippen LogP contribution in [0.5, 0.6) is 17.2 Å². The highest BCUT2D eigenvalue weighted by molar-refractivity contribution is 7.91. The molecule has 3 aliphatic rings. The van der Waals surface area contributed by atoms with Crippen molar-refractivity contribution in [3.63, 3.8) is 0 Å². The molecule has 3 aromatic carbocycles. The van der Waals surface area contributed by atoms with Gasteiger partial charge in [0.15, 0.2) is 11.5 Å². The topological polar surface area (TPSA) is 83.4 Å². The molecule has 3 aromatic rings. The molecule has 4 atom stereocenters. The van der Waals surface area contributed by atoms with Gasteiger partial charge in [-0.15, -0.1) is 13.2 Å². The van der Waals surface area contributed by atoms with Crippen molar-refractivity contribution in [1.82, 2.24) is 4.72 Å². The quantitative estimate of drug-likeness (QED) is 0.335. The second kappa shape index (κ2) is 10.6. The van der Waals surface area contributed by atoms with Crippen LogP contribution in [0.2, 0.25) is 0 Å². The van der Waals surface area contributed by atoms with E-state index in [0.717, 1.165) is 42.8 Å². The standard InChI is InChI=1S/C29H30F3N3O4S/c30-29(31,32)39-20-14-16-21(17-15-20)40(37,33-18-19-12-13-19)34-22-6-5-9-25(28(22)36)35-23-7-1-3-10-26(23)38-27-11-4-2-8-24(27)35/h1-4,7-8,10-11,14-17,19,22,25,28,36H,5-6,9,12-13,18H2,(H,33,34,37). The highest BCUT2D eigenvalue weighted by Crippen LogP contribution is 2.49. The number of benzene rings is 3. The molecule has 0 bridgehead atoms. The smallest absolute Gasteiger partial charge is 0.453 e. The van der Waals surface area contributed by atoms with Gasteiger partial charge in [0.2, 0.25) is 0 Å². The summed E-state index contributed by atoms with van der Waals surface area (Å²) in [6.45, 7) is 0.378. The fraction of sp³-hybridized carbons (Fsp3) is 0.379. The van der Waals surface area contributed by atoms with E-state index in [2.05, 4.69) is 18.7 Å². The van der Waals surface area contributed by atoms with E-state index in [1.807, 2.05) is 48.5 Å². The predicted octanol–water partition coefficient (Wildman–Crippen LogP) is 6.55. The normalized spacial score (nSPS) is 23.8. The van der Waals surface area contributed by atoms with Crippen LogP contribution < -0.4 is 19.1 Å². The summed E-state index contributed by atoms with van der Waals surface area (Å²) in [7, 11) is -3.26. The zero-order chi connectivity index (χ0) is 27.9. The molecule has 1 aliphatic heterocycles. The summed E-state index contributed by atoms with van der Waals surface area (Å²) in [4.78, 5) is 2.35. The van der Waals surface area contributed by atoms with E-state index in [-0.39, 0.29) is 10.9 Å². The van der Waals surface area contributed by atoms with Gasteiger partial charge in [-0.3, -0.25) is 0 Å². The highest BCUT2D eigenvalue weighted by Gasteiger charge is 2.41. The molecular formula is C29H30F3N3O4S. The van der Waals surface area contributed by atoms with Gasteiger partial charge in [-0.2, -0.15) is 0 Å². The molecule has 11 heteroatoms. The van der Waals surface area contributed by atoms with E-state index >= 15 is 0 Å². The first kappa shape index (κ1) is 26.9.